The van der Waals surface area contributed by atoms with Gasteiger partial charge in [-0.1, -0.05) is 13.8 Å². The topological polar surface area (TPSA) is 51.4 Å². The van der Waals surface area contributed by atoms with Crippen molar-refractivity contribution in [2.24, 2.45) is 5.92 Å². The molecule has 0 aromatic carbocycles. The first kappa shape index (κ1) is 13.6. The standard InChI is InChI=1S/C13H23N3O/c1-5-16(6-2)12-8-7-11(14)13(15-12)17-9-10(3)4/h7-8,10H,5-6,9,14H2,1-4H3. The number of nitrogen functional groups attached to an aromatic ring is 1. The van der Waals surface area contributed by atoms with Gasteiger partial charge in [-0.25, -0.2) is 0 Å². The van der Waals surface area contributed by atoms with Crippen LogP contribution in [0.15, 0.2) is 12.1 Å². The molecule has 2 N–H and O–H groups in total. The van der Waals surface area contributed by atoms with Gasteiger partial charge in [-0.2, -0.15) is 4.98 Å². The molecule has 1 aromatic rings. The van der Waals surface area contributed by atoms with Crippen LogP contribution in [0.3, 0.4) is 0 Å². The van der Waals surface area contributed by atoms with Crippen molar-refractivity contribution in [1.82, 2.24) is 4.98 Å². The van der Waals surface area contributed by atoms with E-state index in [2.05, 4.69) is 37.6 Å². The third-order valence-electron chi connectivity index (χ3n) is 2.52. The Morgan fingerprint density at radius 3 is 2.47 bits per heavy atom. The summed E-state index contributed by atoms with van der Waals surface area (Å²) in [7, 11) is 0. The predicted octanol–water partition coefficient (Wildman–Crippen LogP) is 2.54. The summed E-state index contributed by atoms with van der Waals surface area (Å²) in [6, 6.07) is 3.79. The summed E-state index contributed by atoms with van der Waals surface area (Å²) in [5.74, 6) is 1.93. The van der Waals surface area contributed by atoms with E-state index in [1.807, 2.05) is 12.1 Å². The smallest absolute Gasteiger partial charge is 0.239 e. The number of ether oxygens (including phenoxy) is 1. The zero-order chi connectivity index (χ0) is 12.8. The zero-order valence-corrected chi connectivity index (χ0v) is 11.2. The summed E-state index contributed by atoms with van der Waals surface area (Å²) in [6.45, 7) is 10.9. The molecular formula is C13H23N3O. The molecule has 1 rings (SSSR count). The van der Waals surface area contributed by atoms with Crippen LogP contribution in [-0.2, 0) is 0 Å². The van der Waals surface area contributed by atoms with E-state index >= 15 is 0 Å². The zero-order valence-electron chi connectivity index (χ0n) is 11.2. The van der Waals surface area contributed by atoms with Gasteiger partial charge in [-0.3, -0.25) is 0 Å². The molecule has 1 heterocycles. The molecule has 0 aliphatic rings. The van der Waals surface area contributed by atoms with Crippen molar-refractivity contribution in [2.75, 3.05) is 30.3 Å². The van der Waals surface area contributed by atoms with Gasteiger partial charge >= 0.3 is 0 Å². The summed E-state index contributed by atoms with van der Waals surface area (Å²) >= 11 is 0. The molecule has 0 radical (unpaired) electrons. The molecule has 0 aliphatic carbocycles. The molecule has 0 fully saturated rings. The van der Waals surface area contributed by atoms with Crippen molar-refractivity contribution in [1.29, 1.82) is 0 Å². The van der Waals surface area contributed by atoms with Gasteiger partial charge in [0.15, 0.2) is 0 Å². The molecule has 4 nitrogen and oxygen atoms in total. The lowest BCUT2D eigenvalue weighted by Gasteiger charge is -2.21. The van der Waals surface area contributed by atoms with Gasteiger partial charge in [0.2, 0.25) is 5.88 Å². The van der Waals surface area contributed by atoms with Gasteiger partial charge in [0.1, 0.15) is 5.82 Å². The van der Waals surface area contributed by atoms with Crippen LogP contribution in [0.2, 0.25) is 0 Å². The monoisotopic (exact) mass is 237 g/mol. The van der Waals surface area contributed by atoms with Gasteiger partial charge < -0.3 is 15.4 Å². The second kappa shape index (κ2) is 6.33. The van der Waals surface area contributed by atoms with Gasteiger partial charge in [0.25, 0.3) is 0 Å². The fraction of sp³-hybridized carbons (Fsp3) is 0.615. The van der Waals surface area contributed by atoms with E-state index in [-0.39, 0.29) is 0 Å². The van der Waals surface area contributed by atoms with E-state index in [0.29, 0.717) is 24.1 Å². The average Bonchev–Trinajstić information content (AvgIpc) is 2.30. The molecule has 0 bridgehead atoms. The van der Waals surface area contributed by atoms with E-state index in [4.69, 9.17) is 10.5 Å². The van der Waals surface area contributed by atoms with Gasteiger partial charge in [0.05, 0.1) is 12.3 Å². The number of hydrogen-bond donors (Lipinski definition) is 1. The van der Waals surface area contributed by atoms with E-state index in [9.17, 15) is 0 Å². The first-order valence-corrected chi connectivity index (χ1v) is 6.22. The highest BCUT2D eigenvalue weighted by Gasteiger charge is 2.09. The number of pyridine rings is 1. The Morgan fingerprint density at radius 2 is 1.94 bits per heavy atom. The van der Waals surface area contributed by atoms with Crippen LogP contribution < -0.4 is 15.4 Å². The van der Waals surface area contributed by atoms with E-state index in [0.717, 1.165) is 18.9 Å². The average molecular weight is 237 g/mol. The Morgan fingerprint density at radius 1 is 1.29 bits per heavy atom. The largest absolute Gasteiger partial charge is 0.476 e. The van der Waals surface area contributed by atoms with Crippen LogP contribution in [0.5, 0.6) is 5.88 Å². The van der Waals surface area contributed by atoms with Gasteiger partial charge in [-0.05, 0) is 31.9 Å². The molecule has 96 valence electrons. The minimum absolute atomic E-state index is 0.466. The van der Waals surface area contributed by atoms with Crippen LogP contribution in [0.25, 0.3) is 0 Å². The first-order chi connectivity index (χ1) is 8.08. The Kier molecular flexibility index (Phi) is 5.07. The fourth-order valence-electron chi connectivity index (χ4n) is 1.53. The van der Waals surface area contributed by atoms with Crippen LogP contribution in [0, 0.1) is 5.92 Å². The number of hydrogen-bond acceptors (Lipinski definition) is 4. The van der Waals surface area contributed by atoms with Gasteiger partial charge in [0, 0.05) is 13.1 Å². The SMILES string of the molecule is CCN(CC)c1ccc(N)c(OCC(C)C)n1. The van der Waals surface area contributed by atoms with Crippen molar-refractivity contribution in [2.45, 2.75) is 27.7 Å². The quantitative estimate of drug-likeness (QED) is 0.826. The van der Waals surface area contributed by atoms with Crippen molar-refractivity contribution in [3.8, 4) is 5.88 Å². The number of anilines is 2. The van der Waals surface area contributed by atoms with Crippen molar-refractivity contribution in [3.05, 3.63) is 12.1 Å². The third-order valence-corrected chi connectivity index (χ3v) is 2.52. The Labute approximate surface area is 104 Å². The highest BCUT2D eigenvalue weighted by atomic mass is 16.5. The Bertz CT molecular complexity index is 349. The lowest BCUT2D eigenvalue weighted by Crippen LogP contribution is -2.23. The van der Waals surface area contributed by atoms with Crippen LogP contribution >= 0.6 is 0 Å². The molecule has 0 amide bonds. The lowest BCUT2D eigenvalue weighted by molar-refractivity contribution is 0.263. The van der Waals surface area contributed by atoms with Crippen LogP contribution in [-0.4, -0.2) is 24.7 Å². The third kappa shape index (κ3) is 3.80. The molecule has 0 saturated heterocycles. The number of rotatable bonds is 6. The Balaban J connectivity index is 2.85. The minimum Gasteiger partial charge on any atom is -0.476 e. The maximum atomic E-state index is 5.85. The maximum absolute atomic E-state index is 5.85. The van der Waals surface area contributed by atoms with E-state index in [1.165, 1.54) is 0 Å². The molecule has 0 atom stereocenters. The van der Waals surface area contributed by atoms with Crippen LogP contribution in [0.1, 0.15) is 27.7 Å². The van der Waals surface area contributed by atoms with Crippen molar-refractivity contribution in [3.63, 3.8) is 0 Å². The van der Waals surface area contributed by atoms with E-state index < -0.39 is 0 Å². The molecule has 17 heavy (non-hydrogen) atoms. The summed E-state index contributed by atoms with van der Waals surface area (Å²) in [6.07, 6.45) is 0. The molecule has 0 saturated carbocycles. The molecule has 4 heteroatoms. The normalized spacial score (nSPS) is 10.6. The molecular weight excluding hydrogens is 214 g/mol. The minimum atomic E-state index is 0.466. The predicted molar refractivity (Wildman–Crippen MR) is 72.5 cm³/mol. The van der Waals surface area contributed by atoms with Gasteiger partial charge in [-0.15, -0.1) is 0 Å². The van der Waals surface area contributed by atoms with Crippen molar-refractivity contribution >= 4 is 11.5 Å². The maximum Gasteiger partial charge on any atom is 0.239 e. The summed E-state index contributed by atoms with van der Waals surface area (Å²) in [5.41, 5.74) is 6.45. The van der Waals surface area contributed by atoms with Crippen molar-refractivity contribution < 1.29 is 4.74 Å². The summed E-state index contributed by atoms with van der Waals surface area (Å²) < 4.78 is 5.62. The number of aromatic nitrogens is 1. The second-order valence-electron chi connectivity index (χ2n) is 4.44. The molecule has 0 spiro atoms. The van der Waals surface area contributed by atoms with E-state index in [1.54, 1.807) is 0 Å². The van der Waals surface area contributed by atoms with Crippen LogP contribution in [0.4, 0.5) is 11.5 Å². The molecule has 0 aliphatic heterocycles. The second-order valence-corrected chi connectivity index (χ2v) is 4.44. The molecule has 1 aromatic heterocycles. The number of nitrogens with two attached hydrogens (primary N) is 1. The highest BCUT2D eigenvalue weighted by Crippen LogP contribution is 2.23. The highest BCUT2D eigenvalue weighted by molar-refractivity contribution is 5.54. The summed E-state index contributed by atoms with van der Waals surface area (Å²) in [4.78, 5) is 6.63. The fourth-order valence-corrected chi connectivity index (χ4v) is 1.53. The summed E-state index contributed by atoms with van der Waals surface area (Å²) in [5, 5.41) is 0. The lowest BCUT2D eigenvalue weighted by atomic mass is 10.2. The Hall–Kier alpha value is -1.45. The first-order valence-electron chi connectivity index (χ1n) is 6.22. The number of nitrogens with zero attached hydrogens (tertiary/aromatic N) is 2. The molecule has 0 unspecified atom stereocenters.